The van der Waals surface area contributed by atoms with Crippen LogP contribution < -0.4 is 14.2 Å². The Labute approximate surface area is 212 Å². The van der Waals surface area contributed by atoms with Gasteiger partial charge in [0.05, 0.1) is 6.54 Å². The summed E-state index contributed by atoms with van der Waals surface area (Å²) in [7, 11) is 0. The van der Waals surface area contributed by atoms with E-state index in [9.17, 15) is 27.9 Å². The Hall–Kier alpha value is -3.47. The Kier molecular flexibility index (Phi) is 10.0. The summed E-state index contributed by atoms with van der Waals surface area (Å²) in [4.78, 5) is 25.5. The first-order chi connectivity index (χ1) is 17.6. The van der Waals surface area contributed by atoms with Crippen LogP contribution in [0.15, 0.2) is 48.5 Å². The molecule has 0 spiro atoms. The zero-order chi connectivity index (χ0) is 26.8. The zero-order valence-corrected chi connectivity index (χ0v) is 20.4. The molecule has 3 rings (SSSR count). The second-order valence-electron chi connectivity index (χ2n) is 8.58. The van der Waals surface area contributed by atoms with Crippen molar-refractivity contribution in [3.63, 3.8) is 0 Å². The maximum Gasteiger partial charge on any atom is 0.573 e. The molecular formula is C26H30F3NO7. The fraction of sp³-hybridized carbons (Fsp3) is 0.462. The lowest BCUT2D eigenvalue weighted by atomic mass is 9.85. The van der Waals surface area contributed by atoms with Crippen LogP contribution in [0.1, 0.15) is 31.7 Å². The number of carbonyl (C=O) groups is 2. The molecule has 11 heteroatoms. The highest BCUT2D eigenvalue weighted by atomic mass is 19.4. The first-order valence-corrected chi connectivity index (χ1v) is 12.0. The van der Waals surface area contributed by atoms with E-state index in [0.29, 0.717) is 24.8 Å². The summed E-state index contributed by atoms with van der Waals surface area (Å²) in [5.74, 6) is -1.15. The number of rotatable bonds is 13. The molecule has 8 nitrogen and oxygen atoms in total. The summed E-state index contributed by atoms with van der Waals surface area (Å²) in [5.41, 5.74) is 0.767. The summed E-state index contributed by atoms with van der Waals surface area (Å²) >= 11 is 0. The highest BCUT2D eigenvalue weighted by Crippen LogP contribution is 2.33. The molecule has 0 radical (unpaired) electrons. The summed E-state index contributed by atoms with van der Waals surface area (Å²) in [6, 6.07) is 12.0. The number of alkyl halides is 3. The van der Waals surface area contributed by atoms with Gasteiger partial charge in [0.2, 0.25) is 0 Å². The summed E-state index contributed by atoms with van der Waals surface area (Å²) in [5, 5.41) is 9.23. The monoisotopic (exact) mass is 525 g/mol. The molecule has 2 aromatic carbocycles. The largest absolute Gasteiger partial charge is 0.573 e. The van der Waals surface area contributed by atoms with E-state index in [4.69, 9.17) is 14.2 Å². The van der Waals surface area contributed by atoms with Gasteiger partial charge in [0, 0.05) is 19.6 Å². The highest BCUT2D eigenvalue weighted by Gasteiger charge is 2.33. The Morgan fingerprint density at radius 3 is 2.32 bits per heavy atom. The number of carboxylic acids is 1. The van der Waals surface area contributed by atoms with E-state index in [1.165, 1.54) is 23.1 Å². The number of aliphatic carboxylic acids is 1. The minimum Gasteiger partial charge on any atom is -0.492 e. The fourth-order valence-corrected chi connectivity index (χ4v) is 3.77. The van der Waals surface area contributed by atoms with Gasteiger partial charge in [-0.2, -0.15) is 0 Å². The van der Waals surface area contributed by atoms with E-state index < -0.39 is 30.3 Å². The lowest BCUT2D eigenvalue weighted by molar-refractivity contribution is -0.275. The fourth-order valence-electron chi connectivity index (χ4n) is 3.77. The molecule has 0 heterocycles. The van der Waals surface area contributed by atoms with Crippen molar-refractivity contribution in [3.8, 4) is 17.2 Å². The normalized spacial score (nSPS) is 14.4. The van der Waals surface area contributed by atoms with Gasteiger partial charge >= 0.3 is 18.4 Å². The van der Waals surface area contributed by atoms with E-state index in [1.54, 1.807) is 31.2 Å². The first-order valence-electron chi connectivity index (χ1n) is 12.0. The lowest BCUT2D eigenvalue weighted by Gasteiger charge is -2.31. The van der Waals surface area contributed by atoms with Gasteiger partial charge < -0.3 is 29.0 Å². The SMILES string of the molecule is CCOC(Cc1ccc(OCCN(CC2CCC2)C(=O)Oc2ccccc2OC(F)(F)F)cc1)C(=O)O. The van der Waals surface area contributed by atoms with E-state index in [2.05, 4.69) is 4.74 Å². The predicted octanol–water partition coefficient (Wildman–Crippen LogP) is 5.30. The van der Waals surface area contributed by atoms with Gasteiger partial charge in [0.15, 0.2) is 17.6 Å². The number of hydrogen-bond acceptors (Lipinski definition) is 6. The third kappa shape index (κ3) is 9.16. The number of ether oxygens (including phenoxy) is 4. The van der Waals surface area contributed by atoms with Gasteiger partial charge in [-0.15, -0.1) is 13.2 Å². The average Bonchev–Trinajstić information content (AvgIpc) is 2.81. The maximum absolute atomic E-state index is 12.9. The molecule has 1 unspecified atom stereocenters. The Morgan fingerprint density at radius 1 is 1.08 bits per heavy atom. The van der Waals surface area contributed by atoms with Gasteiger partial charge in [0.1, 0.15) is 12.4 Å². The molecule has 1 saturated carbocycles. The van der Waals surface area contributed by atoms with Crippen molar-refractivity contribution in [2.75, 3.05) is 26.3 Å². The lowest BCUT2D eigenvalue weighted by Crippen LogP contribution is -2.41. The van der Waals surface area contributed by atoms with Crippen molar-refractivity contribution in [2.24, 2.45) is 5.92 Å². The zero-order valence-electron chi connectivity index (χ0n) is 20.4. The van der Waals surface area contributed by atoms with Crippen molar-refractivity contribution in [1.29, 1.82) is 0 Å². The quantitative estimate of drug-likeness (QED) is 0.379. The number of nitrogens with zero attached hydrogens (tertiary/aromatic N) is 1. The standard InChI is InChI=1S/C26H30F3NO7/c1-2-34-23(24(31)32)16-18-10-12-20(13-11-18)35-15-14-30(17-19-6-5-7-19)25(33)36-21-8-3-4-9-22(21)37-26(27,28)29/h3-4,8-13,19,23H,2,5-7,14-17H2,1H3,(H,31,32). The van der Waals surface area contributed by atoms with E-state index in [1.807, 2.05) is 0 Å². The van der Waals surface area contributed by atoms with Gasteiger partial charge in [-0.1, -0.05) is 30.7 Å². The molecule has 0 bridgehead atoms. The molecule has 0 aliphatic heterocycles. The van der Waals surface area contributed by atoms with Gasteiger partial charge in [-0.05, 0) is 55.5 Å². The number of amides is 1. The average molecular weight is 526 g/mol. The molecule has 0 aromatic heterocycles. The van der Waals surface area contributed by atoms with Crippen LogP contribution in [0.3, 0.4) is 0 Å². The third-order valence-corrected chi connectivity index (χ3v) is 5.85. The van der Waals surface area contributed by atoms with Crippen molar-refractivity contribution in [2.45, 2.75) is 45.1 Å². The number of halogens is 3. The van der Waals surface area contributed by atoms with E-state index >= 15 is 0 Å². The van der Waals surface area contributed by atoms with Crippen LogP contribution in [0.25, 0.3) is 0 Å². The second kappa shape index (κ2) is 13.2. The molecule has 1 fully saturated rings. The number of carboxylic acid groups (broad SMARTS) is 1. The van der Waals surface area contributed by atoms with E-state index in [-0.39, 0.29) is 25.3 Å². The number of hydrogen-bond donors (Lipinski definition) is 1. The van der Waals surface area contributed by atoms with Gasteiger partial charge in [0.25, 0.3) is 0 Å². The minimum absolute atomic E-state index is 0.124. The minimum atomic E-state index is -4.92. The predicted molar refractivity (Wildman–Crippen MR) is 127 cm³/mol. The second-order valence-corrected chi connectivity index (χ2v) is 8.58. The van der Waals surface area contributed by atoms with Gasteiger partial charge in [-0.3, -0.25) is 0 Å². The van der Waals surface area contributed by atoms with Gasteiger partial charge in [-0.25, -0.2) is 9.59 Å². The van der Waals surface area contributed by atoms with E-state index in [0.717, 1.165) is 30.9 Å². The Morgan fingerprint density at radius 2 is 1.76 bits per heavy atom. The molecule has 37 heavy (non-hydrogen) atoms. The van der Waals surface area contributed by atoms with Crippen LogP contribution >= 0.6 is 0 Å². The topological polar surface area (TPSA) is 94.5 Å². The summed E-state index contributed by atoms with van der Waals surface area (Å²) in [6.07, 6.45) is -3.46. The first kappa shape index (κ1) is 28.1. The smallest absolute Gasteiger partial charge is 0.492 e. The molecule has 1 amide bonds. The van der Waals surface area contributed by atoms with Crippen LogP contribution in [0.5, 0.6) is 17.2 Å². The number of carbonyl (C=O) groups excluding carboxylic acids is 1. The molecule has 1 N–H and O–H groups in total. The van der Waals surface area contributed by atoms with Crippen LogP contribution in [-0.2, 0) is 16.0 Å². The molecule has 1 atom stereocenters. The molecule has 202 valence electrons. The molecular weight excluding hydrogens is 495 g/mol. The van der Waals surface area contributed by atoms with Crippen LogP contribution in [0.2, 0.25) is 0 Å². The van der Waals surface area contributed by atoms with Crippen LogP contribution in [-0.4, -0.2) is 60.8 Å². The highest BCUT2D eigenvalue weighted by molar-refractivity contribution is 5.73. The molecule has 2 aromatic rings. The molecule has 0 saturated heterocycles. The van der Waals surface area contributed by atoms with Crippen LogP contribution in [0, 0.1) is 5.92 Å². The summed E-state index contributed by atoms with van der Waals surface area (Å²) < 4.78 is 58.3. The maximum atomic E-state index is 12.9. The van der Waals surface area contributed by atoms with Crippen molar-refractivity contribution >= 4 is 12.1 Å². The van der Waals surface area contributed by atoms with Crippen LogP contribution in [0.4, 0.5) is 18.0 Å². The van der Waals surface area contributed by atoms with Crippen molar-refractivity contribution in [3.05, 3.63) is 54.1 Å². The number of benzene rings is 2. The van der Waals surface area contributed by atoms with Crippen molar-refractivity contribution < 1.29 is 46.8 Å². The van der Waals surface area contributed by atoms with Crippen molar-refractivity contribution in [1.82, 2.24) is 4.90 Å². The molecule has 1 aliphatic rings. The Bertz CT molecular complexity index is 1030. The number of para-hydroxylation sites is 2. The third-order valence-electron chi connectivity index (χ3n) is 5.85. The Balaban J connectivity index is 1.58. The molecule has 1 aliphatic carbocycles. The summed E-state index contributed by atoms with van der Waals surface area (Å²) in [6.45, 7) is 2.70.